The monoisotopic (exact) mass is 314 g/mol. The van der Waals surface area contributed by atoms with Crippen LogP contribution in [0, 0.1) is 12.8 Å². The summed E-state index contributed by atoms with van der Waals surface area (Å²) in [4.78, 5) is 4.70. The van der Waals surface area contributed by atoms with Crippen LogP contribution in [0.15, 0.2) is 36.5 Å². The van der Waals surface area contributed by atoms with Crippen LogP contribution in [0.4, 0.5) is 0 Å². The Balaban J connectivity index is 2.51. The van der Waals surface area contributed by atoms with Crippen LogP contribution >= 0.6 is 0 Å². The van der Waals surface area contributed by atoms with Crippen molar-refractivity contribution in [2.75, 3.05) is 0 Å². The van der Waals surface area contributed by atoms with Gasteiger partial charge in [-0.1, -0.05) is 70.2 Å². The van der Waals surface area contributed by atoms with Crippen LogP contribution in [-0.4, -0.2) is 13.1 Å². The molecule has 118 valence electrons. The Kier molecular flexibility index (Phi) is 3.78. The fourth-order valence-corrected chi connectivity index (χ4v) is 4.25. The molecule has 2 rings (SSSR count). The van der Waals surface area contributed by atoms with Gasteiger partial charge in [-0.3, -0.25) is 4.98 Å². The van der Waals surface area contributed by atoms with Crippen LogP contribution in [0.25, 0.3) is 11.3 Å². The van der Waals surface area contributed by atoms with Gasteiger partial charge >= 0.3 is 0 Å². The molecule has 1 atom stereocenters. The van der Waals surface area contributed by atoms with Crippen LogP contribution in [0.3, 0.4) is 0 Å². The van der Waals surface area contributed by atoms with Crippen LogP contribution in [0.5, 0.6) is 0 Å². The molecule has 0 spiro atoms. The molecule has 0 aliphatic heterocycles. The number of aromatic nitrogens is 1. The third-order valence-electron chi connectivity index (χ3n) is 4.42. The summed E-state index contributed by atoms with van der Waals surface area (Å²) in [6.07, 6.45) is 2.05. The highest BCUT2D eigenvalue weighted by molar-refractivity contribution is 6.89. The maximum absolute atomic E-state index is 7.50. The quantitative estimate of drug-likeness (QED) is 0.692. The van der Waals surface area contributed by atoms with Gasteiger partial charge in [-0.2, -0.15) is 0 Å². The lowest BCUT2D eigenvalue weighted by Gasteiger charge is -2.26. The van der Waals surface area contributed by atoms with Crippen molar-refractivity contribution in [2.24, 2.45) is 5.92 Å². The van der Waals surface area contributed by atoms with Crippen molar-refractivity contribution < 1.29 is 4.11 Å². The number of rotatable bonds is 4. The molecule has 22 heavy (non-hydrogen) atoms. The molecule has 1 aromatic carbocycles. The zero-order chi connectivity index (χ0) is 19.0. The predicted molar refractivity (Wildman–Crippen MR) is 101 cm³/mol. The summed E-state index contributed by atoms with van der Waals surface area (Å²) >= 11 is 0. The number of nitrogens with zero attached hydrogens (tertiary/aromatic N) is 1. The van der Waals surface area contributed by atoms with Crippen molar-refractivity contribution in [3.8, 4) is 11.3 Å². The molecule has 0 aliphatic rings. The van der Waals surface area contributed by atoms with Gasteiger partial charge in [-0.25, -0.2) is 0 Å². The molecular formula is C20H29NSi. The molecule has 1 unspecified atom stereocenters. The Morgan fingerprint density at radius 3 is 2.18 bits per heavy atom. The maximum atomic E-state index is 7.50. The number of hydrogen-bond donors (Lipinski definition) is 0. The Hall–Kier alpha value is -1.41. The number of benzene rings is 1. The molecule has 0 aliphatic carbocycles. The van der Waals surface area contributed by atoms with Crippen molar-refractivity contribution in [1.82, 2.24) is 4.98 Å². The molecule has 1 aromatic heterocycles. The molecule has 2 aromatic rings. The molecule has 1 heterocycles. The highest BCUT2D eigenvalue weighted by atomic mass is 28.3. The van der Waals surface area contributed by atoms with Gasteiger partial charge in [0.1, 0.15) is 0 Å². The molecule has 0 fully saturated rings. The van der Waals surface area contributed by atoms with Crippen molar-refractivity contribution >= 4 is 13.3 Å². The lowest BCUT2D eigenvalue weighted by Crippen LogP contribution is -2.41. The van der Waals surface area contributed by atoms with E-state index < -0.39 is 14.9 Å². The van der Waals surface area contributed by atoms with Crippen LogP contribution in [-0.2, 0) is 0 Å². The molecule has 1 nitrogen and oxygen atoms in total. The van der Waals surface area contributed by atoms with Gasteiger partial charge in [0.25, 0.3) is 0 Å². The summed E-state index contributed by atoms with van der Waals surface area (Å²) in [5.41, 5.74) is 3.64. The maximum Gasteiger partial charge on any atom is 0.0799 e. The summed E-state index contributed by atoms with van der Waals surface area (Å²) in [7, 11) is -1.48. The predicted octanol–water partition coefficient (Wildman–Crippen LogP) is 5.36. The Bertz CT molecular complexity index is 728. The molecule has 2 heteroatoms. The van der Waals surface area contributed by atoms with Crippen LogP contribution in [0.1, 0.15) is 41.9 Å². The van der Waals surface area contributed by atoms with Crippen molar-refractivity contribution in [2.45, 2.75) is 53.2 Å². The van der Waals surface area contributed by atoms with Crippen molar-refractivity contribution in [3.05, 3.63) is 47.7 Å². The number of aryl methyl sites for hydroxylation is 1. The van der Waals surface area contributed by atoms with E-state index >= 15 is 0 Å². The summed E-state index contributed by atoms with van der Waals surface area (Å²) in [6, 6.07) is 9.30. The van der Waals surface area contributed by atoms with E-state index in [9.17, 15) is 0 Å². The molecular weight excluding hydrogens is 282 g/mol. The summed E-state index contributed by atoms with van der Waals surface area (Å²) in [5.74, 6) is 1.02. The number of hydrogen-bond acceptors (Lipinski definition) is 1. The second-order valence-electron chi connectivity index (χ2n) is 7.52. The highest BCUT2D eigenvalue weighted by Crippen LogP contribution is 2.27. The SMILES string of the molecule is [2H]C([2H])([2H])c1ccc(-c2cc(C(C)C(C)C)c([Si](C)(C)C)cn2)cc1. The van der Waals surface area contributed by atoms with E-state index in [0.29, 0.717) is 17.4 Å². The molecule has 0 saturated carbocycles. The fourth-order valence-electron chi connectivity index (χ4n) is 2.63. The van der Waals surface area contributed by atoms with Gasteiger partial charge in [0.05, 0.1) is 13.8 Å². The van der Waals surface area contributed by atoms with E-state index in [1.54, 1.807) is 12.1 Å². The van der Waals surface area contributed by atoms with Gasteiger partial charge in [0.2, 0.25) is 0 Å². The summed E-state index contributed by atoms with van der Waals surface area (Å²) in [5, 5.41) is 1.41. The minimum absolute atomic E-state index is 0.366. The van der Waals surface area contributed by atoms with E-state index in [1.807, 2.05) is 18.3 Å². The Morgan fingerprint density at radius 2 is 1.68 bits per heavy atom. The van der Waals surface area contributed by atoms with Gasteiger partial charge in [-0.05, 0) is 35.5 Å². The smallest absolute Gasteiger partial charge is 0.0799 e. The van der Waals surface area contributed by atoms with E-state index in [0.717, 1.165) is 11.3 Å². The van der Waals surface area contributed by atoms with Gasteiger partial charge in [0, 0.05) is 15.9 Å². The van der Waals surface area contributed by atoms with Gasteiger partial charge in [0.15, 0.2) is 0 Å². The Morgan fingerprint density at radius 1 is 1.05 bits per heavy atom. The van der Waals surface area contributed by atoms with Gasteiger partial charge in [-0.15, -0.1) is 0 Å². The molecule has 0 N–H and O–H groups in total. The van der Waals surface area contributed by atoms with Crippen molar-refractivity contribution in [3.63, 3.8) is 0 Å². The number of pyridine rings is 1. The first kappa shape index (κ1) is 13.1. The third-order valence-corrected chi connectivity index (χ3v) is 6.45. The molecule has 0 radical (unpaired) electrons. The van der Waals surface area contributed by atoms with E-state index in [4.69, 9.17) is 9.10 Å². The second kappa shape index (κ2) is 6.37. The lowest BCUT2D eigenvalue weighted by molar-refractivity contribution is 0.537. The summed E-state index contributed by atoms with van der Waals surface area (Å²) in [6.45, 7) is 11.8. The van der Waals surface area contributed by atoms with E-state index in [1.165, 1.54) is 10.8 Å². The molecule has 0 saturated heterocycles. The topological polar surface area (TPSA) is 12.9 Å². The zero-order valence-electron chi connectivity index (χ0n) is 17.6. The normalized spacial score (nSPS) is 16.0. The van der Waals surface area contributed by atoms with Gasteiger partial charge < -0.3 is 0 Å². The fraction of sp³-hybridized carbons (Fsp3) is 0.450. The Labute approximate surface area is 141 Å². The highest BCUT2D eigenvalue weighted by Gasteiger charge is 2.25. The van der Waals surface area contributed by atoms with E-state index in [2.05, 4.69) is 46.5 Å². The van der Waals surface area contributed by atoms with E-state index in [-0.39, 0.29) is 0 Å². The first-order valence-corrected chi connectivity index (χ1v) is 11.5. The minimum Gasteiger partial charge on any atom is -0.256 e. The second-order valence-corrected chi connectivity index (χ2v) is 12.6. The van der Waals surface area contributed by atoms with Crippen molar-refractivity contribution in [1.29, 1.82) is 0 Å². The van der Waals surface area contributed by atoms with Crippen LogP contribution in [0.2, 0.25) is 19.6 Å². The first-order chi connectivity index (χ1) is 11.4. The average molecular weight is 315 g/mol. The average Bonchev–Trinajstić information content (AvgIpc) is 2.52. The minimum atomic E-state index is -2.06. The standard InChI is InChI=1S/C20H29NSi/c1-14(2)16(4)18-12-19(17-10-8-15(3)9-11-17)21-13-20(18)22(5,6)7/h8-14,16H,1-7H3/i3D3. The zero-order valence-corrected chi connectivity index (χ0v) is 15.6. The largest absolute Gasteiger partial charge is 0.256 e. The molecule has 0 amide bonds. The van der Waals surface area contributed by atoms with Crippen LogP contribution < -0.4 is 5.19 Å². The first-order valence-electron chi connectivity index (χ1n) is 9.52. The molecule has 0 bridgehead atoms. The lowest BCUT2D eigenvalue weighted by atomic mass is 9.90. The summed E-state index contributed by atoms with van der Waals surface area (Å²) < 4.78 is 22.5. The third kappa shape index (κ3) is 3.67.